The van der Waals surface area contributed by atoms with Crippen LogP contribution in [-0.4, -0.2) is 13.2 Å². The van der Waals surface area contributed by atoms with Crippen molar-refractivity contribution < 1.29 is 44.6 Å². The Morgan fingerprint density at radius 1 is 0.348 bits per heavy atom. The molecule has 10 heteroatoms. The third-order valence-electron chi connectivity index (χ3n) is 12.2. The van der Waals surface area contributed by atoms with Crippen LogP contribution in [0.15, 0.2) is 97.1 Å². The van der Waals surface area contributed by atoms with E-state index in [1.807, 2.05) is 24.3 Å². The molecule has 0 saturated heterocycles. The highest BCUT2D eigenvalue weighted by atomic mass is 19.2. The lowest BCUT2D eigenvalue weighted by molar-refractivity contribution is 0.280. The van der Waals surface area contributed by atoms with Crippen LogP contribution in [0.3, 0.4) is 0 Å². The van der Waals surface area contributed by atoms with Gasteiger partial charge in [0.25, 0.3) is 0 Å². The van der Waals surface area contributed by atoms with Gasteiger partial charge in [-0.15, -0.1) is 0 Å². The molecule has 0 saturated carbocycles. The van der Waals surface area contributed by atoms with Gasteiger partial charge < -0.3 is 9.47 Å². The average molecular weight is 915 g/mol. The molecule has 6 aromatic rings. The van der Waals surface area contributed by atoms with Gasteiger partial charge in [-0.05, 0) is 91.0 Å². The third kappa shape index (κ3) is 12.4. The first-order valence-electron chi connectivity index (χ1n) is 23.3. The van der Waals surface area contributed by atoms with E-state index in [1.165, 1.54) is 48.5 Å². The number of ether oxygens (including phenoxy) is 2. The Labute approximate surface area is 384 Å². The molecular weight excluding hydrogens is 857 g/mol. The molecule has 350 valence electrons. The largest absolute Gasteiger partial charge is 0.490 e. The molecule has 2 nitrogen and oxygen atoms in total. The first kappa shape index (κ1) is 49.8. The van der Waals surface area contributed by atoms with Crippen LogP contribution in [-0.2, 0) is 12.8 Å². The maximum atomic E-state index is 15.3. The SMILES string of the molecule is CCCCc1ccc(-c2ccc(-c3ccc(OCCCCCC(C)CCCCCOc4ccc(-c5ccc(-c6ccc(CCCC)cc6)c(F)c5F)c(F)c4F)c(F)c3F)c(F)c2F)cc1. The predicted octanol–water partition coefficient (Wildman–Crippen LogP) is 17.4. The molecule has 66 heavy (non-hydrogen) atoms. The Bertz CT molecular complexity index is 2340. The lowest BCUT2D eigenvalue weighted by Crippen LogP contribution is -2.04. The number of hydrogen-bond acceptors (Lipinski definition) is 2. The zero-order valence-electron chi connectivity index (χ0n) is 38.0. The Balaban J connectivity index is 0.880. The van der Waals surface area contributed by atoms with Crippen LogP contribution in [0.2, 0.25) is 0 Å². The Hall–Kier alpha value is -5.64. The summed E-state index contributed by atoms with van der Waals surface area (Å²) in [7, 11) is 0. The fraction of sp³-hybridized carbons (Fsp3) is 0.357. The van der Waals surface area contributed by atoms with E-state index in [0.29, 0.717) is 29.9 Å². The van der Waals surface area contributed by atoms with Crippen LogP contribution in [0, 0.1) is 52.5 Å². The second-order valence-corrected chi connectivity index (χ2v) is 17.2. The summed E-state index contributed by atoms with van der Waals surface area (Å²) in [6, 6.07) is 24.5. The number of rotatable bonds is 24. The summed E-state index contributed by atoms with van der Waals surface area (Å²) >= 11 is 0. The van der Waals surface area contributed by atoms with Crippen molar-refractivity contribution in [2.45, 2.75) is 111 Å². The summed E-state index contributed by atoms with van der Waals surface area (Å²) in [4.78, 5) is 0. The Kier molecular flexibility index (Phi) is 18.3. The maximum absolute atomic E-state index is 15.3. The molecule has 0 heterocycles. The molecule has 0 aliphatic rings. The molecule has 0 amide bonds. The van der Waals surface area contributed by atoms with Crippen molar-refractivity contribution in [3.63, 3.8) is 0 Å². The second kappa shape index (κ2) is 24.2. The summed E-state index contributed by atoms with van der Waals surface area (Å²) in [5, 5.41) is 0. The molecule has 0 radical (unpaired) electrons. The van der Waals surface area contributed by atoms with Crippen LogP contribution in [0.25, 0.3) is 44.5 Å². The van der Waals surface area contributed by atoms with Crippen LogP contribution < -0.4 is 9.47 Å². The van der Waals surface area contributed by atoms with Gasteiger partial charge in [0, 0.05) is 33.4 Å². The first-order chi connectivity index (χ1) is 31.9. The smallest absolute Gasteiger partial charge is 0.201 e. The van der Waals surface area contributed by atoms with E-state index in [1.54, 1.807) is 24.3 Å². The molecule has 0 aliphatic carbocycles. The Morgan fingerprint density at radius 2 is 0.667 bits per heavy atom. The minimum absolute atomic E-state index is 0.0353. The van der Waals surface area contributed by atoms with Gasteiger partial charge in [-0.2, -0.15) is 8.78 Å². The van der Waals surface area contributed by atoms with Gasteiger partial charge in [0.2, 0.25) is 11.6 Å². The van der Waals surface area contributed by atoms with Gasteiger partial charge in [0.1, 0.15) is 0 Å². The molecule has 0 aromatic heterocycles. The molecule has 0 N–H and O–H groups in total. The molecule has 0 fully saturated rings. The van der Waals surface area contributed by atoms with Crippen molar-refractivity contribution in [1.82, 2.24) is 0 Å². The molecule has 0 unspecified atom stereocenters. The van der Waals surface area contributed by atoms with Crippen LogP contribution in [0.4, 0.5) is 35.1 Å². The van der Waals surface area contributed by atoms with E-state index in [0.717, 1.165) is 88.2 Å². The molecule has 0 atom stereocenters. The van der Waals surface area contributed by atoms with Gasteiger partial charge >= 0.3 is 0 Å². The number of aryl methyl sites for hydroxylation is 2. The van der Waals surface area contributed by atoms with E-state index in [4.69, 9.17) is 9.47 Å². The zero-order valence-corrected chi connectivity index (χ0v) is 38.0. The third-order valence-corrected chi connectivity index (χ3v) is 12.2. The molecule has 0 aliphatic heterocycles. The van der Waals surface area contributed by atoms with Crippen molar-refractivity contribution in [3.05, 3.63) is 155 Å². The van der Waals surface area contributed by atoms with Gasteiger partial charge in [0.05, 0.1) is 13.2 Å². The van der Waals surface area contributed by atoms with Crippen molar-refractivity contribution in [1.29, 1.82) is 0 Å². The number of unbranched alkanes of at least 4 members (excludes halogenated alkanes) is 6. The first-order valence-corrected chi connectivity index (χ1v) is 23.3. The summed E-state index contributed by atoms with van der Waals surface area (Å²) in [6.07, 6.45) is 12.5. The number of hydrogen-bond donors (Lipinski definition) is 0. The monoisotopic (exact) mass is 914 g/mol. The highest BCUT2D eigenvalue weighted by Crippen LogP contribution is 2.37. The van der Waals surface area contributed by atoms with Gasteiger partial charge in [0.15, 0.2) is 46.4 Å². The Morgan fingerprint density at radius 3 is 1.03 bits per heavy atom. The van der Waals surface area contributed by atoms with Gasteiger partial charge in [-0.3, -0.25) is 0 Å². The van der Waals surface area contributed by atoms with Crippen LogP contribution >= 0.6 is 0 Å². The standard InChI is InChI=1S/C56H58F8O2/c1-4-6-16-37-18-22-39(23-19-37)41-26-28-43(51(59)49(41)57)45-30-32-47(55(63)53(45)61)65-34-12-8-10-14-36(3)15-11-9-13-35-66-48-33-31-46(54(62)56(48)64)44-29-27-42(50(58)52(44)60)40-24-20-38(21-25-40)17-7-5-2/h18-33,36H,4-17,34-35H2,1-3H3. The van der Waals surface area contributed by atoms with Crippen molar-refractivity contribution in [3.8, 4) is 56.0 Å². The normalized spacial score (nSPS) is 11.5. The van der Waals surface area contributed by atoms with Gasteiger partial charge in [-0.1, -0.05) is 145 Å². The van der Waals surface area contributed by atoms with Crippen LogP contribution in [0.1, 0.15) is 109 Å². The molecule has 6 rings (SSSR count). The zero-order chi connectivity index (χ0) is 47.2. The highest BCUT2D eigenvalue weighted by molar-refractivity contribution is 5.74. The highest BCUT2D eigenvalue weighted by Gasteiger charge is 2.24. The van der Waals surface area contributed by atoms with Crippen molar-refractivity contribution in [2.75, 3.05) is 13.2 Å². The quantitative estimate of drug-likeness (QED) is 0.0445. The van der Waals surface area contributed by atoms with E-state index >= 15 is 35.1 Å². The number of halogens is 8. The molecular formula is C56H58F8O2. The van der Waals surface area contributed by atoms with E-state index < -0.39 is 57.7 Å². The number of benzene rings is 6. The van der Waals surface area contributed by atoms with Crippen LogP contribution in [0.5, 0.6) is 11.5 Å². The van der Waals surface area contributed by atoms with Crippen molar-refractivity contribution >= 4 is 0 Å². The van der Waals surface area contributed by atoms with Gasteiger partial charge in [-0.25, -0.2) is 26.3 Å². The average Bonchev–Trinajstić information content (AvgIpc) is 3.32. The molecule has 6 aromatic carbocycles. The summed E-state index contributed by atoms with van der Waals surface area (Å²) in [5.74, 6) is -10.1. The fourth-order valence-electron chi connectivity index (χ4n) is 8.18. The summed E-state index contributed by atoms with van der Waals surface area (Å²) < 4.78 is 132. The summed E-state index contributed by atoms with van der Waals surface area (Å²) in [6.45, 7) is 6.65. The predicted molar refractivity (Wildman–Crippen MR) is 249 cm³/mol. The maximum Gasteiger partial charge on any atom is 0.201 e. The molecule has 0 bridgehead atoms. The topological polar surface area (TPSA) is 18.5 Å². The fourth-order valence-corrected chi connectivity index (χ4v) is 8.18. The van der Waals surface area contributed by atoms with E-state index in [9.17, 15) is 0 Å². The lowest BCUT2D eigenvalue weighted by atomic mass is 9.97. The lowest BCUT2D eigenvalue weighted by Gasteiger charge is -2.14. The minimum atomic E-state index is -1.32. The second-order valence-electron chi connectivity index (χ2n) is 17.2. The van der Waals surface area contributed by atoms with E-state index in [-0.39, 0.29) is 47.0 Å². The van der Waals surface area contributed by atoms with E-state index in [2.05, 4.69) is 20.8 Å². The minimum Gasteiger partial charge on any atom is -0.490 e. The van der Waals surface area contributed by atoms with Crippen molar-refractivity contribution in [2.24, 2.45) is 5.92 Å². The summed E-state index contributed by atoms with van der Waals surface area (Å²) in [5.41, 5.74) is 1.68. The molecule has 0 spiro atoms.